The lowest BCUT2D eigenvalue weighted by atomic mass is 9.84. The van der Waals surface area contributed by atoms with Gasteiger partial charge >= 0.3 is 0 Å². The Morgan fingerprint density at radius 3 is 2.15 bits per heavy atom. The summed E-state index contributed by atoms with van der Waals surface area (Å²) in [6.07, 6.45) is 0. The van der Waals surface area contributed by atoms with Crippen molar-refractivity contribution in [2.45, 2.75) is 39.2 Å². The molecule has 1 aliphatic heterocycles. The van der Waals surface area contributed by atoms with Gasteiger partial charge in [-0.05, 0) is 72.5 Å². The maximum Gasteiger partial charge on any atom is 0.300 e. The third-order valence-corrected chi connectivity index (χ3v) is 6.88. The highest BCUT2D eigenvalue weighted by molar-refractivity contribution is 6.51. The number of Topliss-reactive ketones (excluding diaryl/α,β-unsaturated/α-hetero) is 1. The van der Waals surface area contributed by atoms with Crippen LogP contribution in [0.5, 0.6) is 11.5 Å². The highest BCUT2D eigenvalue weighted by Crippen LogP contribution is 2.43. The van der Waals surface area contributed by atoms with Crippen LogP contribution in [0.4, 0.5) is 11.4 Å². The van der Waals surface area contributed by atoms with Gasteiger partial charge in [-0.2, -0.15) is 0 Å². The second-order valence-corrected chi connectivity index (χ2v) is 10.7. The van der Waals surface area contributed by atoms with Crippen molar-refractivity contribution in [3.05, 3.63) is 89.0 Å². The number of benzene rings is 3. The molecule has 3 aromatic carbocycles. The first-order valence-corrected chi connectivity index (χ1v) is 13.0. The van der Waals surface area contributed by atoms with Gasteiger partial charge in [-0.1, -0.05) is 32.9 Å². The van der Waals surface area contributed by atoms with Gasteiger partial charge in [0.2, 0.25) is 0 Å². The molecule has 204 valence electrons. The molecule has 7 nitrogen and oxygen atoms in total. The van der Waals surface area contributed by atoms with Crippen LogP contribution in [0.15, 0.2) is 72.3 Å². The number of methoxy groups -OCH3 is 1. The fraction of sp³-hybridized carbons (Fsp3) is 0.312. The number of carbonyl (C=O) groups is 2. The molecule has 1 aliphatic rings. The third kappa shape index (κ3) is 5.35. The van der Waals surface area contributed by atoms with Gasteiger partial charge in [0.25, 0.3) is 11.7 Å². The van der Waals surface area contributed by atoms with Gasteiger partial charge in [-0.3, -0.25) is 14.5 Å². The SMILES string of the molecule is CCOc1ccc(C2/C(=C(/O)c3ccc(OC)c(C(C)(C)C)c3)C(=O)C(=O)N2c2ccc(N(C)C)cc2)cc1. The molecule has 1 N–H and O–H groups in total. The van der Waals surface area contributed by atoms with Gasteiger partial charge in [-0.25, -0.2) is 0 Å². The minimum atomic E-state index is -0.828. The van der Waals surface area contributed by atoms with Crippen LogP contribution < -0.4 is 19.3 Å². The molecule has 1 heterocycles. The first-order chi connectivity index (χ1) is 18.5. The van der Waals surface area contributed by atoms with Crippen molar-refractivity contribution in [3.8, 4) is 11.5 Å². The van der Waals surface area contributed by atoms with Crippen molar-refractivity contribution in [2.75, 3.05) is 37.6 Å². The van der Waals surface area contributed by atoms with Gasteiger partial charge < -0.3 is 19.5 Å². The number of hydrogen-bond acceptors (Lipinski definition) is 6. The Hall–Kier alpha value is -4.26. The van der Waals surface area contributed by atoms with Crippen molar-refractivity contribution in [3.63, 3.8) is 0 Å². The Labute approximate surface area is 230 Å². The lowest BCUT2D eigenvalue weighted by molar-refractivity contribution is -0.132. The van der Waals surface area contributed by atoms with Gasteiger partial charge in [-0.15, -0.1) is 0 Å². The molecule has 1 atom stereocenters. The summed E-state index contributed by atoms with van der Waals surface area (Å²) in [4.78, 5) is 30.5. The number of aliphatic hydroxyl groups excluding tert-OH is 1. The second kappa shape index (κ2) is 10.8. The number of hydrogen-bond donors (Lipinski definition) is 1. The zero-order chi connectivity index (χ0) is 28.5. The Balaban J connectivity index is 1.92. The molecule has 0 bridgehead atoms. The van der Waals surface area contributed by atoms with E-state index in [-0.39, 0.29) is 16.7 Å². The molecule has 1 fully saturated rings. The third-order valence-electron chi connectivity index (χ3n) is 6.88. The topological polar surface area (TPSA) is 79.3 Å². The summed E-state index contributed by atoms with van der Waals surface area (Å²) in [5.41, 5.74) is 3.27. The van der Waals surface area contributed by atoms with E-state index < -0.39 is 17.7 Å². The number of ketones is 1. The first-order valence-electron chi connectivity index (χ1n) is 13.0. The van der Waals surface area contributed by atoms with E-state index in [0.29, 0.717) is 34.9 Å². The van der Waals surface area contributed by atoms with Crippen LogP contribution in [0.1, 0.15) is 50.4 Å². The molecule has 1 amide bonds. The van der Waals surface area contributed by atoms with E-state index >= 15 is 0 Å². The number of ether oxygens (including phenoxy) is 2. The zero-order valence-electron chi connectivity index (χ0n) is 23.6. The van der Waals surface area contributed by atoms with Gasteiger partial charge in [0.1, 0.15) is 17.3 Å². The smallest absolute Gasteiger partial charge is 0.300 e. The van der Waals surface area contributed by atoms with E-state index in [2.05, 4.69) is 0 Å². The molecular weight excluding hydrogens is 492 g/mol. The van der Waals surface area contributed by atoms with E-state index in [1.165, 1.54) is 4.90 Å². The Morgan fingerprint density at radius 1 is 0.974 bits per heavy atom. The molecule has 0 spiro atoms. The van der Waals surface area contributed by atoms with Crippen LogP contribution in [0.2, 0.25) is 0 Å². The van der Waals surface area contributed by atoms with E-state index in [0.717, 1.165) is 11.3 Å². The maximum atomic E-state index is 13.6. The van der Waals surface area contributed by atoms with Gasteiger partial charge in [0, 0.05) is 36.6 Å². The highest BCUT2D eigenvalue weighted by Gasteiger charge is 2.47. The summed E-state index contributed by atoms with van der Waals surface area (Å²) in [6, 6.07) is 19.1. The van der Waals surface area contributed by atoms with Crippen LogP contribution in [-0.4, -0.2) is 44.6 Å². The summed E-state index contributed by atoms with van der Waals surface area (Å²) in [5.74, 6) is -0.302. The summed E-state index contributed by atoms with van der Waals surface area (Å²) in [5, 5.41) is 11.6. The van der Waals surface area contributed by atoms with E-state index in [9.17, 15) is 14.7 Å². The fourth-order valence-corrected chi connectivity index (χ4v) is 4.84. The molecule has 1 unspecified atom stereocenters. The zero-order valence-corrected chi connectivity index (χ0v) is 23.6. The van der Waals surface area contributed by atoms with Crippen LogP contribution >= 0.6 is 0 Å². The average molecular weight is 529 g/mol. The predicted molar refractivity (Wildman–Crippen MR) is 155 cm³/mol. The number of anilines is 2. The summed E-state index contributed by atoms with van der Waals surface area (Å²) in [7, 11) is 5.47. The van der Waals surface area contributed by atoms with Crippen molar-refractivity contribution >= 4 is 28.8 Å². The van der Waals surface area contributed by atoms with Crippen LogP contribution in [0.25, 0.3) is 5.76 Å². The van der Waals surface area contributed by atoms with Crippen LogP contribution in [0.3, 0.4) is 0 Å². The normalized spacial score (nSPS) is 16.9. The fourth-order valence-electron chi connectivity index (χ4n) is 4.84. The molecule has 1 saturated heterocycles. The van der Waals surface area contributed by atoms with Crippen molar-refractivity contribution in [2.24, 2.45) is 0 Å². The van der Waals surface area contributed by atoms with Gasteiger partial charge in [0.05, 0.1) is 25.3 Å². The highest BCUT2D eigenvalue weighted by atomic mass is 16.5. The van der Waals surface area contributed by atoms with E-state index in [1.54, 1.807) is 31.4 Å². The number of rotatable bonds is 7. The predicted octanol–water partition coefficient (Wildman–Crippen LogP) is 6.08. The Morgan fingerprint density at radius 2 is 1.62 bits per heavy atom. The van der Waals surface area contributed by atoms with E-state index in [1.807, 2.05) is 89.2 Å². The minimum Gasteiger partial charge on any atom is -0.507 e. The number of carbonyl (C=O) groups excluding carboxylic acids is 2. The summed E-state index contributed by atoms with van der Waals surface area (Å²) >= 11 is 0. The quantitative estimate of drug-likeness (QED) is 0.227. The maximum absolute atomic E-state index is 13.6. The second-order valence-electron chi connectivity index (χ2n) is 10.7. The van der Waals surface area contributed by atoms with Crippen molar-refractivity contribution < 1.29 is 24.2 Å². The molecule has 39 heavy (non-hydrogen) atoms. The number of nitrogens with zero attached hydrogens (tertiary/aromatic N) is 2. The van der Waals surface area contributed by atoms with Crippen LogP contribution in [-0.2, 0) is 15.0 Å². The Kier molecular flexibility index (Phi) is 7.72. The number of amides is 1. The molecular formula is C32H36N2O5. The molecule has 0 aliphatic carbocycles. The molecule has 0 saturated carbocycles. The summed E-state index contributed by atoms with van der Waals surface area (Å²) < 4.78 is 11.1. The van der Waals surface area contributed by atoms with E-state index in [4.69, 9.17) is 9.47 Å². The molecule has 7 heteroatoms. The van der Waals surface area contributed by atoms with Crippen molar-refractivity contribution in [1.29, 1.82) is 0 Å². The Bertz CT molecular complexity index is 1400. The van der Waals surface area contributed by atoms with Crippen molar-refractivity contribution in [1.82, 2.24) is 0 Å². The lowest BCUT2D eigenvalue weighted by Crippen LogP contribution is -2.29. The average Bonchev–Trinajstić information content (AvgIpc) is 3.18. The minimum absolute atomic E-state index is 0.0332. The molecule has 4 rings (SSSR count). The lowest BCUT2D eigenvalue weighted by Gasteiger charge is -2.26. The standard InChI is InChI=1S/C32H36N2O5/c1-8-39-24-16-9-20(10-17-24)28-27(29(35)21-11-18-26(38-7)25(19-21)32(2,3)4)30(36)31(37)34(28)23-14-12-22(13-15-23)33(5)6/h9-19,28,35H,8H2,1-7H3/b29-27-. The summed E-state index contributed by atoms with van der Waals surface area (Å²) in [6.45, 7) is 8.56. The molecule has 0 radical (unpaired) electrons. The number of aliphatic hydroxyl groups is 1. The van der Waals surface area contributed by atoms with Crippen LogP contribution in [0, 0.1) is 0 Å². The molecule has 3 aromatic rings. The first kappa shape index (κ1) is 27.8. The monoisotopic (exact) mass is 528 g/mol. The largest absolute Gasteiger partial charge is 0.507 e. The van der Waals surface area contributed by atoms with Gasteiger partial charge in [0.15, 0.2) is 0 Å². The molecule has 0 aromatic heterocycles.